The number of ether oxygens (including phenoxy) is 1. The van der Waals surface area contributed by atoms with E-state index in [1.165, 1.54) is 6.20 Å². The molecule has 1 aromatic heterocycles. The van der Waals surface area contributed by atoms with Gasteiger partial charge in [0.05, 0.1) is 22.1 Å². The summed E-state index contributed by atoms with van der Waals surface area (Å²) >= 11 is 5.78. The predicted octanol–water partition coefficient (Wildman–Crippen LogP) is 2.21. The fourth-order valence-corrected chi connectivity index (χ4v) is 3.98. The summed E-state index contributed by atoms with van der Waals surface area (Å²) in [4.78, 5) is 10.6. The number of guanidine groups is 1. The number of sulfone groups is 1. The monoisotopic (exact) mass is 516 g/mol. The van der Waals surface area contributed by atoms with Crippen molar-refractivity contribution in [3.05, 3.63) is 23.4 Å². The number of nitrogens with zero attached hydrogens (tertiary/aromatic N) is 3. The van der Waals surface area contributed by atoms with E-state index in [0.717, 1.165) is 0 Å². The molecule has 0 aliphatic carbocycles. The van der Waals surface area contributed by atoms with Gasteiger partial charge in [-0.15, -0.1) is 24.0 Å². The van der Waals surface area contributed by atoms with Crippen LogP contribution >= 0.6 is 35.6 Å². The van der Waals surface area contributed by atoms with Crippen molar-refractivity contribution in [2.45, 2.75) is 25.5 Å². The average molecular weight is 517 g/mol. The molecule has 0 radical (unpaired) electrons. The predicted molar refractivity (Wildman–Crippen MR) is 116 cm³/mol. The summed E-state index contributed by atoms with van der Waals surface area (Å²) in [6, 6.07) is 3.42. The molecule has 0 saturated carbocycles. The van der Waals surface area contributed by atoms with Gasteiger partial charge in [0, 0.05) is 31.9 Å². The van der Waals surface area contributed by atoms with Gasteiger partial charge in [0.1, 0.15) is 6.61 Å². The lowest BCUT2D eigenvalue weighted by molar-refractivity contribution is 0.312. The van der Waals surface area contributed by atoms with Crippen LogP contribution in [0, 0.1) is 0 Å². The van der Waals surface area contributed by atoms with Gasteiger partial charge < -0.3 is 15.0 Å². The van der Waals surface area contributed by atoms with Crippen LogP contribution in [0.4, 0.5) is 0 Å². The smallest absolute Gasteiger partial charge is 0.213 e. The van der Waals surface area contributed by atoms with E-state index in [1.807, 2.05) is 11.8 Å². The van der Waals surface area contributed by atoms with Crippen LogP contribution in [0.2, 0.25) is 5.02 Å². The molecule has 10 heteroatoms. The average Bonchev–Trinajstić information content (AvgIpc) is 2.55. The lowest BCUT2D eigenvalue weighted by Crippen LogP contribution is -2.57. The Morgan fingerprint density at radius 3 is 2.77 bits per heavy atom. The third kappa shape index (κ3) is 6.12. The molecule has 1 fully saturated rings. The number of aliphatic imine (C=N–C) groups is 1. The first-order valence-corrected chi connectivity index (χ1v) is 10.3. The third-order valence-electron chi connectivity index (χ3n) is 3.98. The molecule has 1 aromatic rings. The van der Waals surface area contributed by atoms with E-state index in [9.17, 15) is 8.42 Å². The molecule has 2 rings (SSSR count). The van der Waals surface area contributed by atoms with Gasteiger partial charge in [0.25, 0.3) is 0 Å². The highest BCUT2D eigenvalue weighted by atomic mass is 127. The molecule has 148 valence electrons. The van der Waals surface area contributed by atoms with Crippen molar-refractivity contribution in [1.82, 2.24) is 15.2 Å². The molecular weight excluding hydrogens is 491 g/mol. The second kappa shape index (κ2) is 9.93. The fraction of sp³-hybridized carbons (Fsp3) is 0.625. The van der Waals surface area contributed by atoms with E-state index in [4.69, 9.17) is 16.3 Å². The molecule has 0 aromatic carbocycles. The van der Waals surface area contributed by atoms with Gasteiger partial charge >= 0.3 is 0 Å². The van der Waals surface area contributed by atoms with Crippen LogP contribution in [0.1, 0.15) is 20.8 Å². The number of hydrogen-bond donors (Lipinski definition) is 1. The molecule has 0 amide bonds. The third-order valence-corrected chi connectivity index (χ3v) is 6.74. The normalized spacial score (nSPS) is 18.8. The molecule has 1 N–H and O–H groups in total. The van der Waals surface area contributed by atoms with Crippen LogP contribution in [0.5, 0.6) is 5.88 Å². The van der Waals surface area contributed by atoms with Gasteiger partial charge in [-0.3, -0.25) is 0 Å². The van der Waals surface area contributed by atoms with E-state index >= 15 is 0 Å². The Hall–Kier alpha value is -0.810. The lowest BCUT2D eigenvalue weighted by atomic mass is 10.2. The van der Waals surface area contributed by atoms with Gasteiger partial charge in [-0.1, -0.05) is 11.6 Å². The van der Waals surface area contributed by atoms with E-state index in [-0.39, 0.29) is 29.7 Å². The van der Waals surface area contributed by atoms with Crippen molar-refractivity contribution in [3.63, 3.8) is 0 Å². The SMILES string of the molecule is CCNC(=NCCOc1ccc(Cl)cn1)N1CCS(=O)(=O)C(C)(C)C1.I. The van der Waals surface area contributed by atoms with E-state index in [0.29, 0.717) is 49.6 Å². The largest absolute Gasteiger partial charge is 0.476 e. The van der Waals surface area contributed by atoms with Crippen molar-refractivity contribution >= 4 is 51.4 Å². The number of halogens is 2. The van der Waals surface area contributed by atoms with Gasteiger partial charge in [-0.05, 0) is 26.8 Å². The number of rotatable bonds is 5. The van der Waals surface area contributed by atoms with E-state index in [1.54, 1.807) is 26.0 Å². The highest BCUT2D eigenvalue weighted by Gasteiger charge is 2.40. The zero-order valence-electron chi connectivity index (χ0n) is 15.2. The summed E-state index contributed by atoms with van der Waals surface area (Å²) in [5.41, 5.74) is 0. The summed E-state index contributed by atoms with van der Waals surface area (Å²) in [6.07, 6.45) is 1.53. The first-order valence-electron chi connectivity index (χ1n) is 8.25. The number of aromatic nitrogens is 1. The van der Waals surface area contributed by atoms with Crippen molar-refractivity contribution < 1.29 is 13.2 Å². The first kappa shape index (κ1) is 23.2. The molecule has 0 bridgehead atoms. The number of pyridine rings is 1. The second-order valence-electron chi connectivity index (χ2n) is 6.40. The van der Waals surface area contributed by atoms with E-state index < -0.39 is 14.6 Å². The molecule has 26 heavy (non-hydrogen) atoms. The summed E-state index contributed by atoms with van der Waals surface area (Å²) in [5, 5.41) is 3.77. The molecule has 2 heterocycles. The molecule has 0 spiro atoms. The molecule has 1 aliphatic heterocycles. The molecule has 0 atom stereocenters. The summed E-state index contributed by atoms with van der Waals surface area (Å²) in [7, 11) is -3.08. The van der Waals surface area contributed by atoms with Crippen LogP contribution in [0.25, 0.3) is 0 Å². The fourth-order valence-electron chi connectivity index (χ4n) is 2.50. The maximum absolute atomic E-state index is 12.1. The van der Waals surface area contributed by atoms with Crippen molar-refractivity contribution in [2.24, 2.45) is 4.99 Å². The first-order chi connectivity index (χ1) is 11.7. The van der Waals surface area contributed by atoms with Gasteiger partial charge in [-0.2, -0.15) is 0 Å². The standard InChI is InChI=1S/C16H25ClN4O3S.HI/c1-4-18-15(21-8-10-25(22,23)16(2,3)12-21)19-7-9-24-14-6-5-13(17)11-20-14;/h5-6,11H,4,7-10,12H2,1-3H3,(H,18,19);1H. The molecule has 1 saturated heterocycles. The Morgan fingerprint density at radius 1 is 1.46 bits per heavy atom. The van der Waals surface area contributed by atoms with Crippen LogP contribution < -0.4 is 10.1 Å². The van der Waals surface area contributed by atoms with Crippen molar-refractivity contribution in [1.29, 1.82) is 0 Å². The zero-order valence-corrected chi connectivity index (χ0v) is 19.1. The van der Waals surface area contributed by atoms with Crippen LogP contribution in [0.3, 0.4) is 0 Å². The lowest BCUT2D eigenvalue weighted by Gasteiger charge is -2.39. The van der Waals surface area contributed by atoms with Gasteiger partial charge in [0.15, 0.2) is 15.8 Å². The van der Waals surface area contributed by atoms with Crippen molar-refractivity contribution in [2.75, 3.05) is 38.5 Å². The van der Waals surface area contributed by atoms with Gasteiger partial charge in [-0.25, -0.2) is 18.4 Å². The molecular formula is C16H26ClIN4O3S. The molecule has 1 aliphatic rings. The Labute approximate surface area is 177 Å². The Bertz CT molecular complexity index is 711. The summed E-state index contributed by atoms with van der Waals surface area (Å²) in [6.45, 7) is 7.88. The minimum atomic E-state index is -3.08. The van der Waals surface area contributed by atoms with Gasteiger partial charge in [0.2, 0.25) is 5.88 Å². The van der Waals surface area contributed by atoms with Crippen LogP contribution in [-0.4, -0.2) is 67.5 Å². The second-order valence-corrected chi connectivity index (χ2v) is 9.58. The molecule has 0 unspecified atom stereocenters. The summed E-state index contributed by atoms with van der Waals surface area (Å²) < 4.78 is 29.0. The Kier molecular flexibility index (Phi) is 8.87. The topological polar surface area (TPSA) is 83.9 Å². The highest BCUT2D eigenvalue weighted by molar-refractivity contribution is 14.0. The minimum Gasteiger partial charge on any atom is -0.476 e. The maximum atomic E-state index is 12.1. The zero-order chi connectivity index (χ0) is 18.5. The quantitative estimate of drug-likeness (QED) is 0.280. The maximum Gasteiger partial charge on any atom is 0.213 e. The Morgan fingerprint density at radius 2 is 2.19 bits per heavy atom. The molecule has 7 nitrogen and oxygen atoms in total. The highest BCUT2D eigenvalue weighted by Crippen LogP contribution is 2.23. The minimum absolute atomic E-state index is 0. The van der Waals surface area contributed by atoms with E-state index in [2.05, 4.69) is 15.3 Å². The van der Waals surface area contributed by atoms with Crippen LogP contribution in [-0.2, 0) is 9.84 Å². The van der Waals surface area contributed by atoms with Crippen LogP contribution in [0.15, 0.2) is 23.3 Å². The number of nitrogens with one attached hydrogen (secondary N) is 1. The van der Waals surface area contributed by atoms with Crippen molar-refractivity contribution in [3.8, 4) is 5.88 Å². The number of hydrogen-bond acceptors (Lipinski definition) is 5. The summed E-state index contributed by atoms with van der Waals surface area (Å²) in [5.74, 6) is 1.34. The Balaban J connectivity index is 0.00000338.